The molecule has 130 valence electrons. The first-order valence-corrected chi connectivity index (χ1v) is 8.39. The molecule has 0 spiro atoms. The van der Waals surface area contributed by atoms with Gasteiger partial charge < -0.3 is 11.1 Å². The molecule has 0 aliphatic carbocycles. The van der Waals surface area contributed by atoms with Gasteiger partial charge in [0.2, 0.25) is 0 Å². The molecule has 3 rings (SSSR count). The number of fused-ring (bicyclic) bond motifs is 1. The molecule has 2 heterocycles. The smallest absolute Gasteiger partial charge is 0.252 e. The average Bonchev–Trinajstić information content (AvgIpc) is 3.04. The van der Waals surface area contributed by atoms with Crippen molar-refractivity contribution in [2.24, 2.45) is 5.73 Å². The van der Waals surface area contributed by atoms with Crippen LogP contribution in [0.1, 0.15) is 31.1 Å². The quantitative estimate of drug-likeness (QED) is 0.749. The zero-order valence-electron chi connectivity index (χ0n) is 14.8. The first-order valence-electron chi connectivity index (χ1n) is 8.39. The minimum atomic E-state index is -0.486. The Morgan fingerprint density at radius 3 is 2.64 bits per heavy atom. The number of benzene rings is 1. The van der Waals surface area contributed by atoms with E-state index >= 15 is 0 Å². The highest BCUT2D eigenvalue weighted by atomic mass is 16.1. The van der Waals surface area contributed by atoms with Gasteiger partial charge in [-0.25, -0.2) is 9.67 Å². The summed E-state index contributed by atoms with van der Waals surface area (Å²) in [6.07, 6.45) is 1.70. The van der Waals surface area contributed by atoms with Crippen molar-refractivity contribution in [1.82, 2.24) is 20.1 Å². The third-order valence-electron chi connectivity index (χ3n) is 4.19. The largest absolute Gasteiger partial charge is 0.346 e. The number of hydrogen-bond acceptors (Lipinski definition) is 4. The minimum absolute atomic E-state index is 0.171. The van der Waals surface area contributed by atoms with Crippen LogP contribution in [0.25, 0.3) is 22.3 Å². The van der Waals surface area contributed by atoms with Gasteiger partial charge in [0.15, 0.2) is 5.65 Å². The molecule has 6 nitrogen and oxygen atoms in total. The van der Waals surface area contributed by atoms with E-state index in [-0.39, 0.29) is 5.91 Å². The van der Waals surface area contributed by atoms with Crippen LogP contribution >= 0.6 is 0 Å². The number of aromatic nitrogens is 3. The molecular weight excluding hydrogens is 314 g/mol. The molecule has 0 saturated carbocycles. The Kier molecular flexibility index (Phi) is 4.55. The Morgan fingerprint density at radius 1 is 1.28 bits per heavy atom. The van der Waals surface area contributed by atoms with E-state index in [1.807, 2.05) is 57.2 Å². The van der Waals surface area contributed by atoms with Crippen LogP contribution in [0.4, 0.5) is 0 Å². The van der Waals surface area contributed by atoms with Crippen molar-refractivity contribution >= 4 is 16.9 Å². The number of carbonyl (C=O) groups excluding carboxylic acids is 1. The van der Waals surface area contributed by atoms with E-state index in [1.54, 1.807) is 10.9 Å². The monoisotopic (exact) mass is 337 g/mol. The molecule has 1 aromatic carbocycles. The van der Waals surface area contributed by atoms with Crippen LogP contribution < -0.4 is 11.1 Å². The van der Waals surface area contributed by atoms with Crippen LogP contribution in [0.3, 0.4) is 0 Å². The maximum absolute atomic E-state index is 12.9. The molecule has 0 atom stereocenters. The van der Waals surface area contributed by atoms with Gasteiger partial charge in [0.1, 0.15) is 0 Å². The van der Waals surface area contributed by atoms with Crippen LogP contribution in [0.5, 0.6) is 0 Å². The molecule has 1 amide bonds. The number of nitrogens with two attached hydrogens (primary N) is 1. The molecule has 3 N–H and O–H groups in total. The number of pyridine rings is 1. The molecule has 0 bridgehead atoms. The molecule has 6 heteroatoms. The van der Waals surface area contributed by atoms with E-state index in [1.165, 1.54) is 0 Å². The Morgan fingerprint density at radius 2 is 2.00 bits per heavy atom. The Bertz CT molecular complexity index is 899. The van der Waals surface area contributed by atoms with Crippen molar-refractivity contribution in [1.29, 1.82) is 0 Å². The van der Waals surface area contributed by atoms with Crippen LogP contribution in [0.2, 0.25) is 0 Å². The first kappa shape index (κ1) is 17.1. The second-order valence-electron chi connectivity index (χ2n) is 6.66. The van der Waals surface area contributed by atoms with Crippen molar-refractivity contribution in [2.45, 2.75) is 32.9 Å². The molecule has 0 saturated heterocycles. The van der Waals surface area contributed by atoms with Gasteiger partial charge in [-0.2, -0.15) is 5.10 Å². The maximum atomic E-state index is 12.9. The van der Waals surface area contributed by atoms with Crippen LogP contribution in [-0.2, 0) is 6.54 Å². The van der Waals surface area contributed by atoms with Gasteiger partial charge in [-0.05, 0) is 26.8 Å². The molecule has 2 aromatic heterocycles. The van der Waals surface area contributed by atoms with E-state index < -0.39 is 5.54 Å². The molecule has 0 aliphatic heterocycles. The number of hydrogen-bond donors (Lipinski definition) is 2. The number of amides is 1. The Hall–Kier alpha value is -2.73. The number of carbonyl (C=O) groups is 1. The fourth-order valence-corrected chi connectivity index (χ4v) is 2.65. The highest BCUT2D eigenvalue weighted by Crippen LogP contribution is 2.25. The summed E-state index contributed by atoms with van der Waals surface area (Å²) in [4.78, 5) is 17.6. The van der Waals surface area contributed by atoms with Crippen molar-refractivity contribution in [3.05, 3.63) is 48.2 Å². The van der Waals surface area contributed by atoms with E-state index in [0.717, 1.165) is 16.6 Å². The molecule has 25 heavy (non-hydrogen) atoms. The summed E-state index contributed by atoms with van der Waals surface area (Å²) in [6, 6.07) is 11.6. The maximum Gasteiger partial charge on any atom is 0.252 e. The van der Waals surface area contributed by atoms with Crippen LogP contribution in [-0.4, -0.2) is 32.8 Å². The third-order valence-corrected chi connectivity index (χ3v) is 4.19. The summed E-state index contributed by atoms with van der Waals surface area (Å²) in [7, 11) is 0. The molecule has 0 aliphatic rings. The lowest BCUT2D eigenvalue weighted by atomic mass is 10.0. The van der Waals surface area contributed by atoms with Gasteiger partial charge in [-0.1, -0.05) is 30.3 Å². The lowest BCUT2D eigenvalue weighted by molar-refractivity contribution is 0.0917. The van der Waals surface area contributed by atoms with Gasteiger partial charge in [0.25, 0.3) is 5.91 Å². The third kappa shape index (κ3) is 3.39. The van der Waals surface area contributed by atoms with Gasteiger partial charge in [-0.15, -0.1) is 0 Å². The SMILES string of the molecule is CCn1ncc2c(C(=O)NC(C)(C)CN)cc(-c3ccccc3)nc21. The fraction of sp³-hybridized carbons (Fsp3) is 0.316. The summed E-state index contributed by atoms with van der Waals surface area (Å²) in [5, 5.41) is 8.09. The normalized spacial score (nSPS) is 11.7. The van der Waals surface area contributed by atoms with E-state index in [9.17, 15) is 4.79 Å². The van der Waals surface area contributed by atoms with E-state index in [2.05, 4.69) is 10.4 Å². The molecule has 0 fully saturated rings. The van der Waals surface area contributed by atoms with Gasteiger partial charge in [-0.3, -0.25) is 4.79 Å². The highest BCUT2D eigenvalue weighted by Gasteiger charge is 2.23. The van der Waals surface area contributed by atoms with Gasteiger partial charge in [0.05, 0.1) is 22.8 Å². The summed E-state index contributed by atoms with van der Waals surface area (Å²) in [5.74, 6) is -0.171. The zero-order valence-corrected chi connectivity index (χ0v) is 14.8. The molecule has 3 aromatic rings. The Balaban J connectivity index is 2.16. The fourth-order valence-electron chi connectivity index (χ4n) is 2.65. The van der Waals surface area contributed by atoms with Crippen molar-refractivity contribution in [3.8, 4) is 11.3 Å². The van der Waals surface area contributed by atoms with Crippen molar-refractivity contribution < 1.29 is 4.79 Å². The standard InChI is InChI=1S/C19H23N5O/c1-4-24-17-15(11-21-24)14(18(25)23-19(2,3)12-20)10-16(22-17)13-8-6-5-7-9-13/h5-11H,4,12,20H2,1-3H3,(H,23,25). The lowest BCUT2D eigenvalue weighted by Gasteiger charge is -2.24. The highest BCUT2D eigenvalue weighted by molar-refractivity contribution is 6.06. The Labute approximate surface area is 147 Å². The first-order chi connectivity index (χ1) is 11.9. The predicted octanol–water partition coefficient (Wildman–Crippen LogP) is 2.59. The van der Waals surface area contributed by atoms with Crippen molar-refractivity contribution in [2.75, 3.05) is 6.54 Å². The minimum Gasteiger partial charge on any atom is -0.346 e. The number of aryl methyl sites for hydroxylation is 1. The topological polar surface area (TPSA) is 85.8 Å². The summed E-state index contributed by atoms with van der Waals surface area (Å²) in [6.45, 7) is 6.84. The van der Waals surface area contributed by atoms with Crippen LogP contribution in [0.15, 0.2) is 42.6 Å². The van der Waals surface area contributed by atoms with Gasteiger partial charge in [0, 0.05) is 24.2 Å². The van der Waals surface area contributed by atoms with Crippen molar-refractivity contribution in [3.63, 3.8) is 0 Å². The molecule has 0 unspecified atom stereocenters. The van der Waals surface area contributed by atoms with Crippen LogP contribution in [0, 0.1) is 0 Å². The average molecular weight is 337 g/mol. The number of nitrogens with zero attached hydrogens (tertiary/aromatic N) is 3. The second-order valence-corrected chi connectivity index (χ2v) is 6.66. The molecular formula is C19H23N5O. The van der Waals surface area contributed by atoms with Gasteiger partial charge >= 0.3 is 0 Å². The second kappa shape index (κ2) is 6.64. The molecule has 0 radical (unpaired) electrons. The van der Waals surface area contributed by atoms with E-state index in [4.69, 9.17) is 10.7 Å². The summed E-state index contributed by atoms with van der Waals surface area (Å²) < 4.78 is 1.80. The number of nitrogens with one attached hydrogen (secondary N) is 1. The lowest BCUT2D eigenvalue weighted by Crippen LogP contribution is -2.48. The number of rotatable bonds is 5. The summed E-state index contributed by atoms with van der Waals surface area (Å²) >= 11 is 0. The zero-order chi connectivity index (χ0) is 18.0. The predicted molar refractivity (Wildman–Crippen MR) is 99.2 cm³/mol. The van der Waals surface area contributed by atoms with E-state index in [0.29, 0.717) is 24.3 Å². The summed E-state index contributed by atoms with van der Waals surface area (Å²) in [5.41, 5.74) is 8.24.